The highest BCUT2D eigenvalue weighted by Gasteiger charge is 2.28. The number of carbonyl (C=O) groups excluding carboxylic acids is 2. The lowest BCUT2D eigenvalue weighted by Crippen LogP contribution is -2.44. The van der Waals surface area contributed by atoms with Gasteiger partial charge in [-0.1, -0.05) is 18.2 Å². The summed E-state index contributed by atoms with van der Waals surface area (Å²) in [5.74, 6) is 0.392. The zero-order valence-electron chi connectivity index (χ0n) is 16.5. The maximum atomic E-state index is 12.9. The van der Waals surface area contributed by atoms with Gasteiger partial charge in [-0.05, 0) is 83.3 Å². The van der Waals surface area contributed by atoms with Crippen molar-refractivity contribution in [1.29, 1.82) is 0 Å². The van der Waals surface area contributed by atoms with Crippen molar-refractivity contribution in [3.8, 4) is 0 Å². The smallest absolute Gasteiger partial charge is 0.230 e. The second-order valence-electron chi connectivity index (χ2n) is 8.02. The van der Waals surface area contributed by atoms with E-state index in [9.17, 15) is 9.59 Å². The van der Waals surface area contributed by atoms with Gasteiger partial charge in [0.15, 0.2) is 0 Å². The third kappa shape index (κ3) is 5.04. The number of aryl methyl sites for hydroxylation is 2. The number of hydrogen-bond acceptors (Lipinski definition) is 3. The fourth-order valence-electron chi connectivity index (χ4n) is 4.28. The highest BCUT2D eigenvalue weighted by molar-refractivity contribution is 9.10. The van der Waals surface area contributed by atoms with Gasteiger partial charge in [0.2, 0.25) is 11.8 Å². The number of rotatable bonds is 4. The van der Waals surface area contributed by atoms with Crippen LogP contribution in [-0.4, -0.2) is 34.8 Å². The summed E-state index contributed by atoms with van der Waals surface area (Å²) in [6.07, 6.45) is 8.49. The van der Waals surface area contributed by atoms with Gasteiger partial charge in [0.05, 0.1) is 12.3 Å². The predicted octanol–water partition coefficient (Wildman–Crippen LogP) is 4.14. The van der Waals surface area contributed by atoms with E-state index in [-0.39, 0.29) is 17.7 Å². The van der Waals surface area contributed by atoms with Gasteiger partial charge in [-0.3, -0.25) is 9.59 Å². The Labute approximate surface area is 180 Å². The van der Waals surface area contributed by atoms with Crippen LogP contribution in [-0.2, 0) is 28.9 Å². The molecule has 1 aromatic heterocycles. The molecule has 1 saturated heterocycles. The maximum absolute atomic E-state index is 12.9. The lowest BCUT2D eigenvalue weighted by molar-refractivity contribution is -0.133. The quantitative estimate of drug-likeness (QED) is 0.752. The largest absolute Gasteiger partial charge is 0.342 e. The molecule has 0 unspecified atom stereocenters. The van der Waals surface area contributed by atoms with E-state index in [1.54, 1.807) is 12.3 Å². The van der Waals surface area contributed by atoms with Crippen LogP contribution in [0.1, 0.15) is 42.4 Å². The van der Waals surface area contributed by atoms with Crippen molar-refractivity contribution in [2.24, 2.45) is 5.92 Å². The second-order valence-corrected chi connectivity index (χ2v) is 8.93. The zero-order chi connectivity index (χ0) is 20.2. The van der Waals surface area contributed by atoms with Gasteiger partial charge in [-0.15, -0.1) is 0 Å². The third-order valence-electron chi connectivity index (χ3n) is 5.89. The molecule has 0 radical (unpaired) electrons. The number of hydrogen-bond donors (Lipinski definition) is 1. The number of fused-ring (bicyclic) bond motifs is 1. The summed E-state index contributed by atoms with van der Waals surface area (Å²) < 4.78 is 0.868. The Bertz CT molecular complexity index is 897. The van der Waals surface area contributed by atoms with Crippen molar-refractivity contribution in [1.82, 2.24) is 9.88 Å². The summed E-state index contributed by atoms with van der Waals surface area (Å²) >= 11 is 3.34. The first-order valence-corrected chi connectivity index (χ1v) is 11.2. The van der Waals surface area contributed by atoms with Crippen molar-refractivity contribution in [3.05, 3.63) is 57.7 Å². The molecule has 29 heavy (non-hydrogen) atoms. The molecular formula is C23H26BrN3O2. The minimum absolute atomic E-state index is 0.0638. The summed E-state index contributed by atoms with van der Waals surface area (Å²) in [4.78, 5) is 31.6. The summed E-state index contributed by atoms with van der Waals surface area (Å²) in [7, 11) is 0. The minimum atomic E-state index is -0.193. The molecule has 1 aromatic carbocycles. The topological polar surface area (TPSA) is 62.3 Å². The number of piperidine rings is 1. The van der Waals surface area contributed by atoms with E-state index >= 15 is 0 Å². The van der Waals surface area contributed by atoms with Gasteiger partial charge >= 0.3 is 0 Å². The molecule has 1 aliphatic heterocycles. The normalized spacial score (nSPS) is 18.8. The van der Waals surface area contributed by atoms with E-state index in [2.05, 4.69) is 44.4 Å². The predicted molar refractivity (Wildman–Crippen MR) is 117 cm³/mol. The summed E-state index contributed by atoms with van der Waals surface area (Å²) in [5, 5.41) is 2.87. The van der Waals surface area contributed by atoms with Crippen LogP contribution in [0.5, 0.6) is 0 Å². The fraction of sp³-hybridized carbons (Fsp3) is 0.435. The first-order valence-electron chi connectivity index (χ1n) is 10.4. The molecule has 0 spiro atoms. The van der Waals surface area contributed by atoms with E-state index in [1.165, 1.54) is 24.0 Å². The molecule has 1 aliphatic carbocycles. The van der Waals surface area contributed by atoms with Crippen LogP contribution in [0.2, 0.25) is 0 Å². The van der Waals surface area contributed by atoms with Crippen molar-refractivity contribution >= 4 is 33.6 Å². The number of amides is 2. The molecule has 152 valence electrons. The maximum Gasteiger partial charge on any atom is 0.230 e. The molecule has 1 atom stereocenters. The number of likely N-dealkylation sites (tertiary alicyclic amines) is 1. The fourth-order valence-corrected chi connectivity index (χ4v) is 4.51. The van der Waals surface area contributed by atoms with E-state index in [1.807, 2.05) is 11.0 Å². The highest BCUT2D eigenvalue weighted by Crippen LogP contribution is 2.24. The standard InChI is InChI=1S/C23H26BrN3O2/c24-20-9-10-21(25-14-20)26-23(29)19-6-3-11-27(15-19)22(28)13-16-7-8-17-4-1-2-5-18(17)12-16/h7-10,12,14,19H,1-6,11,13,15H2,(H,25,26,29)/t19-/m0/s1. The Balaban J connectivity index is 1.35. The Kier molecular flexibility index (Phi) is 6.28. The number of anilines is 1. The second kappa shape index (κ2) is 9.08. The monoisotopic (exact) mass is 455 g/mol. The molecule has 0 bridgehead atoms. The van der Waals surface area contributed by atoms with Gasteiger partial charge in [0.1, 0.15) is 5.82 Å². The molecule has 2 amide bonds. The summed E-state index contributed by atoms with van der Waals surface area (Å²) in [6.45, 7) is 1.20. The van der Waals surface area contributed by atoms with Gasteiger partial charge in [0.25, 0.3) is 0 Å². The Morgan fingerprint density at radius 3 is 2.72 bits per heavy atom. The lowest BCUT2D eigenvalue weighted by Gasteiger charge is -2.32. The van der Waals surface area contributed by atoms with Gasteiger partial charge < -0.3 is 10.2 Å². The van der Waals surface area contributed by atoms with Crippen LogP contribution in [0, 0.1) is 5.92 Å². The molecule has 1 fully saturated rings. The van der Waals surface area contributed by atoms with E-state index < -0.39 is 0 Å². The summed E-state index contributed by atoms with van der Waals surface area (Å²) in [6, 6.07) is 10.1. The number of carbonyl (C=O) groups is 2. The molecule has 4 rings (SSSR count). The van der Waals surface area contributed by atoms with Gasteiger partial charge in [-0.2, -0.15) is 0 Å². The van der Waals surface area contributed by atoms with E-state index in [4.69, 9.17) is 0 Å². The van der Waals surface area contributed by atoms with E-state index in [0.717, 1.165) is 42.3 Å². The third-order valence-corrected chi connectivity index (χ3v) is 6.36. The molecule has 2 aliphatic rings. The zero-order valence-corrected chi connectivity index (χ0v) is 18.1. The first kappa shape index (κ1) is 20.1. The molecule has 6 heteroatoms. The number of pyridine rings is 1. The number of halogens is 1. The average molecular weight is 456 g/mol. The lowest BCUT2D eigenvalue weighted by atomic mass is 9.89. The number of aromatic nitrogens is 1. The molecule has 2 heterocycles. The Morgan fingerprint density at radius 1 is 1.10 bits per heavy atom. The van der Waals surface area contributed by atoms with E-state index in [0.29, 0.717) is 18.8 Å². The highest BCUT2D eigenvalue weighted by atomic mass is 79.9. The van der Waals surface area contributed by atoms with Crippen molar-refractivity contribution in [2.45, 2.75) is 44.9 Å². The molecule has 0 saturated carbocycles. The van der Waals surface area contributed by atoms with Crippen LogP contribution in [0.15, 0.2) is 41.0 Å². The van der Waals surface area contributed by atoms with Crippen molar-refractivity contribution in [3.63, 3.8) is 0 Å². The number of nitrogens with one attached hydrogen (secondary N) is 1. The molecule has 5 nitrogen and oxygen atoms in total. The number of benzene rings is 1. The molecule has 2 aromatic rings. The van der Waals surface area contributed by atoms with Crippen LogP contribution in [0.25, 0.3) is 0 Å². The van der Waals surface area contributed by atoms with Crippen LogP contribution in [0.4, 0.5) is 5.82 Å². The minimum Gasteiger partial charge on any atom is -0.342 e. The summed E-state index contributed by atoms with van der Waals surface area (Å²) in [5.41, 5.74) is 3.92. The van der Waals surface area contributed by atoms with Crippen molar-refractivity contribution in [2.75, 3.05) is 18.4 Å². The van der Waals surface area contributed by atoms with Crippen molar-refractivity contribution < 1.29 is 9.59 Å². The SMILES string of the molecule is O=C(Nc1ccc(Br)cn1)[C@H]1CCCN(C(=O)Cc2ccc3c(c2)CCCC3)C1. The van der Waals surface area contributed by atoms with Crippen LogP contribution in [0.3, 0.4) is 0 Å². The number of nitrogens with zero attached hydrogens (tertiary/aromatic N) is 2. The first-order chi connectivity index (χ1) is 14.1. The molecular weight excluding hydrogens is 430 g/mol. The van der Waals surface area contributed by atoms with Gasteiger partial charge in [-0.25, -0.2) is 4.98 Å². The van der Waals surface area contributed by atoms with Crippen LogP contribution < -0.4 is 5.32 Å². The Morgan fingerprint density at radius 2 is 1.93 bits per heavy atom. The molecule has 1 N–H and O–H groups in total. The van der Waals surface area contributed by atoms with Crippen LogP contribution >= 0.6 is 15.9 Å². The van der Waals surface area contributed by atoms with Gasteiger partial charge in [0, 0.05) is 23.8 Å². The average Bonchev–Trinajstić information content (AvgIpc) is 2.75. The Hall–Kier alpha value is -2.21.